The zero-order chi connectivity index (χ0) is 14.4. The molecule has 0 amide bonds. The molecule has 4 rings (SSSR count). The number of hydrogen-bond acceptors (Lipinski definition) is 6. The van der Waals surface area contributed by atoms with Crippen molar-refractivity contribution in [2.24, 2.45) is 0 Å². The van der Waals surface area contributed by atoms with Crippen molar-refractivity contribution < 1.29 is 9.53 Å². The van der Waals surface area contributed by atoms with Crippen molar-refractivity contribution in [3.8, 4) is 10.7 Å². The number of cyclic esters (lactones) is 1. The summed E-state index contributed by atoms with van der Waals surface area (Å²) in [4.78, 5) is 13.0. The van der Waals surface area contributed by atoms with E-state index in [1.165, 1.54) is 11.8 Å². The van der Waals surface area contributed by atoms with Gasteiger partial charge in [0.2, 0.25) is 0 Å². The van der Waals surface area contributed by atoms with E-state index in [1.807, 2.05) is 18.4 Å². The van der Waals surface area contributed by atoms with Crippen LogP contribution in [0.4, 0.5) is 0 Å². The monoisotopic (exact) mass is 321 g/mol. The molecular weight excluding hydrogens is 306 g/mol. The van der Waals surface area contributed by atoms with Crippen LogP contribution in [0.3, 0.4) is 0 Å². The normalized spacial score (nSPS) is 25.3. The van der Waals surface area contributed by atoms with Gasteiger partial charge < -0.3 is 4.74 Å². The van der Waals surface area contributed by atoms with Gasteiger partial charge in [0.05, 0.1) is 4.88 Å². The molecule has 1 saturated heterocycles. The van der Waals surface area contributed by atoms with Gasteiger partial charge in [-0.2, -0.15) is 0 Å². The lowest BCUT2D eigenvalue weighted by molar-refractivity contribution is -0.140. The molecule has 3 heterocycles. The molecule has 1 saturated carbocycles. The van der Waals surface area contributed by atoms with Gasteiger partial charge in [-0.3, -0.25) is 9.36 Å². The highest BCUT2D eigenvalue weighted by atomic mass is 32.2. The third-order valence-corrected chi connectivity index (χ3v) is 5.72. The first-order valence-electron chi connectivity index (χ1n) is 7.08. The first-order chi connectivity index (χ1) is 10.2. The molecule has 110 valence electrons. The second kappa shape index (κ2) is 5.14. The van der Waals surface area contributed by atoms with Crippen LogP contribution in [-0.4, -0.2) is 32.1 Å². The molecule has 0 aromatic carbocycles. The number of esters is 1. The fourth-order valence-corrected chi connectivity index (χ4v) is 4.45. The summed E-state index contributed by atoms with van der Waals surface area (Å²) in [5.41, 5.74) is 0. The second-order valence-electron chi connectivity index (χ2n) is 5.47. The molecule has 2 aromatic rings. The highest BCUT2D eigenvalue weighted by Crippen LogP contribution is 2.43. The van der Waals surface area contributed by atoms with Crippen molar-refractivity contribution in [2.75, 3.05) is 0 Å². The quantitative estimate of drug-likeness (QED) is 0.810. The van der Waals surface area contributed by atoms with E-state index in [0.717, 1.165) is 35.1 Å². The highest BCUT2D eigenvalue weighted by molar-refractivity contribution is 8.00. The molecule has 1 aliphatic carbocycles. The number of nitrogens with zero attached hydrogens (tertiary/aromatic N) is 3. The summed E-state index contributed by atoms with van der Waals surface area (Å²) in [6.45, 7) is 1.93. The fourth-order valence-electron chi connectivity index (χ4n) is 2.54. The van der Waals surface area contributed by atoms with Crippen molar-refractivity contribution in [2.45, 2.75) is 48.7 Å². The van der Waals surface area contributed by atoms with Gasteiger partial charge in [0.25, 0.3) is 0 Å². The van der Waals surface area contributed by atoms with Gasteiger partial charge in [-0.15, -0.1) is 21.5 Å². The van der Waals surface area contributed by atoms with Gasteiger partial charge in [-0.05, 0) is 31.2 Å². The van der Waals surface area contributed by atoms with E-state index in [-0.39, 0.29) is 17.3 Å². The molecule has 2 fully saturated rings. The number of thioether (sulfide) groups is 1. The topological polar surface area (TPSA) is 57.0 Å². The predicted molar refractivity (Wildman–Crippen MR) is 81.4 cm³/mol. The molecule has 0 bridgehead atoms. The number of aromatic nitrogens is 3. The standard InChI is InChI=1S/C14H15N3O2S2/c1-8-7-11(13(18)19-8)21-14-16-15-12(10-3-2-6-20-10)17(14)9-4-5-9/h2-3,6,8-9,11H,4-5,7H2,1H3/t8-,11+/m0/s1. The summed E-state index contributed by atoms with van der Waals surface area (Å²) in [6, 6.07) is 4.57. The molecule has 0 spiro atoms. The SMILES string of the molecule is C[C@H]1C[C@@H](Sc2nnc(-c3cccs3)n2C2CC2)C(=O)O1. The molecule has 2 aliphatic rings. The van der Waals surface area contributed by atoms with Crippen LogP contribution < -0.4 is 0 Å². The van der Waals surface area contributed by atoms with Crippen LogP contribution in [0.2, 0.25) is 0 Å². The van der Waals surface area contributed by atoms with Crippen molar-refractivity contribution in [1.29, 1.82) is 0 Å². The molecule has 0 radical (unpaired) electrons. The lowest BCUT2D eigenvalue weighted by Crippen LogP contribution is -2.11. The van der Waals surface area contributed by atoms with E-state index in [2.05, 4.69) is 20.8 Å². The van der Waals surface area contributed by atoms with Crippen molar-refractivity contribution in [1.82, 2.24) is 14.8 Å². The summed E-state index contributed by atoms with van der Waals surface area (Å²) in [5.74, 6) is 0.796. The number of thiophene rings is 1. The minimum Gasteiger partial charge on any atom is -0.462 e. The van der Waals surface area contributed by atoms with E-state index < -0.39 is 0 Å². The zero-order valence-corrected chi connectivity index (χ0v) is 13.2. The molecule has 0 N–H and O–H groups in total. The maximum atomic E-state index is 11.8. The maximum Gasteiger partial charge on any atom is 0.319 e. The van der Waals surface area contributed by atoms with Gasteiger partial charge in [0.1, 0.15) is 11.4 Å². The molecular formula is C14H15N3O2S2. The Morgan fingerprint density at radius 2 is 2.29 bits per heavy atom. The van der Waals surface area contributed by atoms with Crippen molar-refractivity contribution in [3.63, 3.8) is 0 Å². The van der Waals surface area contributed by atoms with Crippen LogP contribution in [0.1, 0.15) is 32.2 Å². The molecule has 2 aromatic heterocycles. The van der Waals surface area contributed by atoms with E-state index in [4.69, 9.17) is 4.74 Å². The first-order valence-corrected chi connectivity index (χ1v) is 8.84. The van der Waals surface area contributed by atoms with E-state index >= 15 is 0 Å². The van der Waals surface area contributed by atoms with Crippen LogP contribution in [0, 0.1) is 0 Å². The largest absolute Gasteiger partial charge is 0.462 e. The summed E-state index contributed by atoms with van der Waals surface area (Å²) >= 11 is 3.16. The Balaban J connectivity index is 1.65. The Bertz CT molecular complexity index is 664. The second-order valence-corrected chi connectivity index (χ2v) is 7.59. The van der Waals surface area contributed by atoms with Crippen LogP contribution >= 0.6 is 23.1 Å². The summed E-state index contributed by atoms with van der Waals surface area (Å²) in [6.07, 6.45) is 3.07. The summed E-state index contributed by atoms with van der Waals surface area (Å²) in [5, 5.41) is 11.4. The fraction of sp³-hybridized carbons (Fsp3) is 0.500. The van der Waals surface area contributed by atoms with Gasteiger partial charge in [0, 0.05) is 12.5 Å². The highest BCUT2D eigenvalue weighted by Gasteiger charge is 2.36. The molecule has 0 unspecified atom stereocenters. The Hall–Kier alpha value is -1.34. The van der Waals surface area contributed by atoms with E-state index in [1.54, 1.807) is 11.3 Å². The predicted octanol–water partition coefficient (Wildman–Crippen LogP) is 3.14. The lowest BCUT2D eigenvalue weighted by atomic mass is 10.3. The Morgan fingerprint density at radius 3 is 2.90 bits per heavy atom. The lowest BCUT2D eigenvalue weighted by Gasteiger charge is -2.09. The van der Waals surface area contributed by atoms with Crippen LogP contribution in [0.5, 0.6) is 0 Å². The molecule has 2 atom stereocenters. The summed E-state index contributed by atoms with van der Waals surface area (Å²) < 4.78 is 7.43. The number of carbonyl (C=O) groups is 1. The van der Waals surface area contributed by atoms with Crippen molar-refractivity contribution >= 4 is 29.1 Å². The third-order valence-electron chi connectivity index (χ3n) is 3.69. The molecule has 1 aliphatic heterocycles. The van der Waals surface area contributed by atoms with Crippen LogP contribution in [0.15, 0.2) is 22.7 Å². The van der Waals surface area contributed by atoms with Gasteiger partial charge >= 0.3 is 5.97 Å². The third kappa shape index (κ3) is 2.48. The van der Waals surface area contributed by atoms with Gasteiger partial charge in [-0.25, -0.2) is 0 Å². The molecule has 21 heavy (non-hydrogen) atoms. The average Bonchev–Trinajstić information content (AvgIpc) is 2.87. The van der Waals surface area contributed by atoms with Gasteiger partial charge in [0.15, 0.2) is 11.0 Å². The number of hydrogen-bond donors (Lipinski definition) is 0. The van der Waals surface area contributed by atoms with Crippen molar-refractivity contribution in [3.05, 3.63) is 17.5 Å². The first kappa shape index (κ1) is 13.3. The Labute approximate surface area is 130 Å². The van der Waals surface area contributed by atoms with Crippen LogP contribution in [0.25, 0.3) is 10.7 Å². The minimum atomic E-state index is -0.155. The minimum absolute atomic E-state index is 0.00376. The Kier molecular flexibility index (Phi) is 3.26. The number of ether oxygens (including phenoxy) is 1. The molecule has 7 heteroatoms. The van der Waals surface area contributed by atoms with E-state index in [0.29, 0.717) is 6.04 Å². The molecule has 5 nitrogen and oxygen atoms in total. The number of carbonyl (C=O) groups excluding carboxylic acids is 1. The van der Waals surface area contributed by atoms with E-state index in [9.17, 15) is 4.79 Å². The Morgan fingerprint density at radius 1 is 1.43 bits per heavy atom. The smallest absolute Gasteiger partial charge is 0.319 e. The maximum absolute atomic E-state index is 11.8. The summed E-state index contributed by atoms with van der Waals surface area (Å²) in [7, 11) is 0. The van der Waals surface area contributed by atoms with Crippen LogP contribution in [-0.2, 0) is 9.53 Å². The average molecular weight is 321 g/mol. The zero-order valence-electron chi connectivity index (χ0n) is 11.6. The van der Waals surface area contributed by atoms with Gasteiger partial charge in [-0.1, -0.05) is 17.8 Å². The number of rotatable bonds is 4.